The van der Waals surface area contributed by atoms with E-state index in [0.717, 1.165) is 22.7 Å². The molecule has 1 atom stereocenters. The number of nitrogens with zero attached hydrogens (tertiary/aromatic N) is 1. The van der Waals surface area contributed by atoms with Gasteiger partial charge in [-0.3, -0.25) is 0 Å². The number of alkyl halides is 1. The molecule has 1 aromatic heterocycles. The SMILES string of the molecule is CCCC(F)(CN)Cc1nc(-c2ccccc2)cs1. The van der Waals surface area contributed by atoms with Crippen molar-refractivity contribution in [2.45, 2.75) is 31.9 Å². The Morgan fingerprint density at radius 2 is 2.05 bits per heavy atom. The van der Waals surface area contributed by atoms with Crippen LogP contribution in [0.1, 0.15) is 24.8 Å². The maximum atomic E-state index is 14.5. The van der Waals surface area contributed by atoms with Gasteiger partial charge in [0.15, 0.2) is 0 Å². The maximum Gasteiger partial charge on any atom is 0.129 e. The number of hydrogen-bond donors (Lipinski definition) is 1. The minimum absolute atomic E-state index is 0.0566. The van der Waals surface area contributed by atoms with E-state index >= 15 is 0 Å². The smallest absolute Gasteiger partial charge is 0.129 e. The summed E-state index contributed by atoms with van der Waals surface area (Å²) in [5, 5.41) is 2.80. The highest BCUT2D eigenvalue weighted by molar-refractivity contribution is 7.09. The van der Waals surface area contributed by atoms with E-state index in [1.165, 1.54) is 11.3 Å². The van der Waals surface area contributed by atoms with Gasteiger partial charge in [0.25, 0.3) is 0 Å². The van der Waals surface area contributed by atoms with Crippen LogP contribution in [0, 0.1) is 0 Å². The molecule has 0 saturated carbocycles. The fourth-order valence-corrected chi connectivity index (χ4v) is 3.04. The summed E-state index contributed by atoms with van der Waals surface area (Å²) in [6, 6.07) is 9.95. The molecule has 0 saturated heterocycles. The Kier molecular flexibility index (Phi) is 4.66. The standard InChI is InChI=1S/C15H19FN2S/c1-2-8-15(16,11-17)9-14-18-13(10-19-14)12-6-4-3-5-7-12/h3-7,10H,2,8-9,11,17H2,1H3. The molecule has 2 N–H and O–H groups in total. The average Bonchev–Trinajstić information content (AvgIpc) is 2.88. The quantitative estimate of drug-likeness (QED) is 0.872. The minimum atomic E-state index is -1.32. The van der Waals surface area contributed by atoms with Crippen molar-refractivity contribution < 1.29 is 4.39 Å². The average molecular weight is 278 g/mol. The molecule has 0 radical (unpaired) electrons. The maximum absolute atomic E-state index is 14.5. The van der Waals surface area contributed by atoms with E-state index < -0.39 is 5.67 Å². The Balaban J connectivity index is 2.13. The molecule has 102 valence electrons. The zero-order valence-electron chi connectivity index (χ0n) is 11.1. The molecule has 0 fully saturated rings. The molecule has 0 amide bonds. The summed E-state index contributed by atoms with van der Waals surface area (Å²) in [6.45, 7) is 2.03. The van der Waals surface area contributed by atoms with Crippen molar-refractivity contribution in [3.05, 3.63) is 40.7 Å². The number of aromatic nitrogens is 1. The summed E-state index contributed by atoms with van der Waals surface area (Å²) < 4.78 is 14.5. The summed E-state index contributed by atoms with van der Waals surface area (Å²) in [5.74, 6) is 0. The lowest BCUT2D eigenvalue weighted by Gasteiger charge is -2.21. The van der Waals surface area contributed by atoms with Crippen LogP contribution in [0.4, 0.5) is 4.39 Å². The first-order chi connectivity index (χ1) is 9.17. The molecule has 0 spiro atoms. The van der Waals surface area contributed by atoms with E-state index in [1.54, 1.807) is 0 Å². The molecule has 19 heavy (non-hydrogen) atoms. The van der Waals surface area contributed by atoms with Crippen LogP contribution in [0.2, 0.25) is 0 Å². The van der Waals surface area contributed by atoms with Crippen LogP contribution in [-0.2, 0) is 6.42 Å². The summed E-state index contributed by atoms with van der Waals surface area (Å²) in [7, 11) is 0. The van der Waals surface area contributed by atoms with Crippen molar-refractivity contribution in [2.75, 3.05) is 6.54 Å². The molecule has 0 aliphatic carbocycles. The number of thiazole rings is 1. The second kappa shape index (κ2) is 6.26. The molecular formula is C15H19FN2S. The van der Waals surface area contributed by atoms with Gasteiger partial charge in [-0.05, 0) is 6.42 Å². The Labute approximate surface area is 117 Å². The second-order valence-electron chi connectivity index (χ2n) is 4.77. The van der Waals surface area contributed by atoms with Crippen LogP contribution in [0.3, 0.4) is 0 Å². The molecule has 4 heteroatoms. The van der Waals surface area contributed by atoms with Crippen LogP contribution < -0.4 is 5.73 Å². The first-order valence-corrected chi connectivity index (χ1v) is 7.43. The first-order valence-electron chi connectivity index (χ1n) is 6.55. The molecule has 0 bridgehead atoms. The first kappa shape index (κ1) is 14.2. The topological polar surface area (TPSA) is 38.9 Å². The Morgan fingerprint density at radius 1 is 1.32 bits per heavy atom. The number of nitrogens with two attached hydrogens (primary N) is 1. The van der Waals surface area contributed by atoms with Gasteiger partial charge in [-0.25, -0.2) is 9.37 Å². The zero-order valence-corrected chi connectivity index (χ0v) is 11.9. The highest BCUT2D eigenvalue weighted by Gasteiger charge is 2.28. The van der Waals surface area contributed by atoms with Crippen LogP contribution in [0.15, 0.2) is 35.7 Å². The predicted octanol–water partition coefficient (Wildman–Crippen LogP) is 3.82. The van der Waals surface area contributed by atoms with Crippen molar-refractivity contribution in [1.29, 1.82) is 0 Å². The lowest BCUT2D eigenvalue weighted by atomic mass is 9.97. The summed E-state index contributed by atoms with van der Waals surface area (Å²) in [6.07, 6.45) is 1.60. The number of benzene rings is 1. The number of hydrogen-bond acceptors (Lipinski definition) is 3. The largest absolute Gasteiger partial charge is 0.328 e. The van der Waals surface area contributed by atoms with Gasteiger partial charge < -0.3 is 5.73 Å². The highest BCUT2D eigenvalue weighted by Crippen LogP contribution is 2.27. The minimum Gasteiger partial charge on any atom is -0.328 e. The normalized spacial score (nSPS) is 14.3. The Hall–Kier alpha value is -1.26. The second-order valence-corrected chi connectivity index (χ2v) is 5.72. The van der Waals surface area contributed by atoms with Gasteiger partial charge >= 0.3 is 0 Å². The van der Waals surface area contributed by atoms with Crippen LogP contribution in [-0.4, -0.2) is 17.2 Å². The molecule has 1 heterocycles. The van der Waals surface area contributed by atoms with Gasteiger partial charge in [0.2, 0.25) is 0 Å². The van der Waals surface area contributed by atoms with Crippen molar-refractivity contribution in [3.63, 3.8) is 0 Å². The van der Waals surface area contributed by atoms with E-state index in [-0.39, 0.29) is 6.54 Å². The van der Waals surface area contributed by atoms with Gasteiger partial charge in [0.05, 0.1) is 10.7 Å². The third-order valence-corrected chi connectivity index (χ3v) is 4.00. The van der Waals surface area contributed by atoms with E-state index in [4.69, 9.17) is 5.73 Å². The van der Waals surface area contributed by atoms with Gasteiger partial charge in [-0.2, -0.15) is 0 Å². The summed E-state index contributed by atoms with van der Waals surface area (Å²) in [4.78, 5) is 4.52. The van der Waals surface area contributed by atoms with E-state index in [1.807, 2.05) is 42.6 Å². The molecule has 2 rings (SSSR count). The van der Waals surface area contributed by atoms with Crippen molar-refractivity contribution in [3.8, 4) is 11.3 Å². The molecule has 2 nitrogen and oxygen atoms in total. The lowest BCUT2D eigenvalue weighted by Crippen LogP contribution is -2.35. The predicted molar refractivity (Wildman–Crippen MR) is 79.1 cm³/mol. The zero-order chi connectivity index (χ0) is 13.7. The van der Waals surface area contributed by atoms with Crippen LogP contribution >= 0.6 is 11.3 Å². The van der Waals surface area contributed by atoms with Crippen LogP contribution in [0.5, 0.6) is 0 Å². The Bertz CT molecular complexity index is 512. The fraction of sp³-hybridized carbons (Fsp3) is 0.400. The van der Waals surface area contributed by atoms with Gasteiger partial charge in [-0.15, -0.1) is 11.3 Å². The summed E-state index contributed by atoms with van der Waals surface area (Å²) in [5.41, 5.74) is 6.22. The van der Waals surface area contributed by atoms with Crippen LogP contribution in [0.25, 0.3) is 11.3 Å². The fourth-order valence-electron chi connectivity index (χ4n) is 2.12. The van der Waals surface area contributed by atoms with Crippen molar-refractivity contribution >= 4 is 11.3 Å². The van der Waals surface area contributed by atoms with E-state index in [9.17, 15) is 4.39 Å². The van der Waals surface area contributed by atoms with Gasteiger partial charge in [0, 0.05) is 23.9 Å². The molecular weight excluding hydrogens is 259 g/mol. The van der Waals surface area contributed by atoms with Crippen molar-refractivity contribution in [1.82, 2.24) is 4.98 Å². The Morgan fingerprint density at radius 3 is 2.68 bits per heavy atom. The molecule has 2 aromatic rings. The molecule has 0 aliphatic heterocycles. The summed E-state index contributed by atoms with van der Waals surface area (Å²) >= 11 is 1.51. The molecule has 1 unspecified atom stereocenters. The third-order valence-electron chi connectivity index (χ3n) is 3.15. The number of rotatable bonds is 6. The monoisotopic (exact) mass is 278 g/mol. The van der Waals surface area contributed by atoms with Gasteiger partial charge in [-0.1, -0.05) is 43.7 Å². The van der Waals surface area contributed by atoms with Crippen molar-refractivity contribution in [2.24, 2.45) is 5.73 Å². The molecule has 1 aromatic carbocycles. The highest BCUT2D eigenvalue weighted by atomic mass is 32.1. The molecule has 0 aliphatic rings. The van der Waals surface area contributed by atoms with Gasteiger partial charge in [0.1, 0.15) is 5.67 Å². The number of halogens is 1. The van der Waals surface area contributed by atoms with E-state index in [2.05, 4.69) is 4.98 Å². The third kappa shape index (κ3) is 3.61. The lowest BCUT2D eigenvalue weighted by molar-refractivity contribution is 0.158. The van der Waals surface area contributed by atoms with E-state index in [0.29, 0.717) is 12.8 Å².